The minimum atomic E-state index is -3.62. The molecule has 0 aliphatic carbocycles. The minimum absolute atomic E-state index is 0.177. The lowest BCUT2D eigenvalue weighted by Gasteiger charge is -2.31. The lowest BCUT2D eigenvalue weighted by atomic mass is 9.99. The number of nitrogens with one attached hydrogen (secondary N) is 1. The second-order valence-electron chi connectivity index (χ2n) is 7.99. The fourth-order valence-electron chi connectivity index (χ4n) is 3.13. The number of benzene rings is 1. The van der Waals surface area contributed by atoms with Crippen LogP contribution in [-0.4, -0.2) is 41.5 Å². The summed E-state index contributed by atoms with van der Waals surface area (Å²) in [6.45, 7) is 6.68. The highest BCUT2D eigenvalue weighted by molar-refractivity contribution is 9.10. The number of piperidine rings is 1. The van der Waals surface area contributed by atoms with E-state index in [0.29, 0.717) is 25.1 Å². The number of nitrogens with zero attached hydrogens (tertiary/aromatic N) is 3. The van der Waals surface area contributed by atoms with Crippen molar-refractivity contribution in [3.05, 3.63) is 41.1 Å². The number of sulfonamides is 1. The van der Waals surface area contributed by atoms with Crippen molar-refractivity contribution >= 4 is 37.5 Å². The third kappa shape index (κ3) is 4.64. The first kappa shape index (κ1) is 21.0. The van der Waals surface area contributed by atoms with E-state index in [-0.39, 0.29) is 22.9 Å². The summed E-state index contributed by atoms with van der Waals surface area (Å²) >= 11 is 3.31. The summed E-state index contributed by atoms with van der Waals surface area (Å²) in [5.41, 5.74) is 0.441. The van der Waals surface area contributed by atoms with E-state index in [0.717, 1.165) is 4.47 Å². The summed E-state index contributed by atoms with van der Waals surface area (Å²) in [5.74, 6) is -0.568. The topological polar surface area (TPSA) is 84.3 Å². The van der Waals surface area contributed by atoms with Gasteiger partial charge in [0.15, 0.2) is 0 Å². The van der Waals surface area contributed by atoms with E-state index in [9.17, 15) is 13.2 Å². The van der Waals surface area contributed by atoms with Gasteiger partial charge < -0.3 is 5.32 Å². The molecule has 1 fully saturated rings. The molecule has 1 aromatic heterocycles. The van der Waals surface area contributed by atoms with E-state index in [1.807, 2.05) is 20.8 Å². The van der Waals surface area contributed by atoms with Crippen LogP contribution in [0.3, 0.4) is 0 Å². The number of carbonyl (C=O) groups is 1. The molecule has 0 bridgehead atoms. The molecule has 1 saturated heterocycles. The van der Waals surface area contributed by atoms with Gasteiger partial charge in [-0.25, -0.2) is 8.42 Å². The molecule has 152 valence electrons. The Bertz CT molecular complexity index is 948. The summed E-state index contributed by atoms with van der Waals surface area (Å²) < 4.78 is 29.8. The van der Waals surface area contributed by atoms with Gasteiger partial charge in [-0.3, -0.25) is 9.48 Å². The highest BCUT2D eigenvalue weighted by Crippen LogP contribution is 2.26. The van der Waals surface area contributed by atoms with Crippen LogP contribution in [0.25, 0.3) is 0 Å². The zero-order valence-corrected chi connectivity index (χ0v) is 18.6. The Hall–Kier alpha value is -1.71. The predicted octanol–water partition coefficient (Wildman–Crippen LogP) is 3.44. The molecule has 2 heterocycles. The van der Waals surface area contributed by atoms with Crippen LogP contribution in [0.15, 0.2) is 46.0 Å². The number of halogens is 1. The number of aromatic nitrogens is 2. The van der Waals surface area contributed by atoms with Gasteiger partial charge in [0.25, 0.3) is 0 Å². The van der Waals surface area contributed by atoms with Crippen molar-refractivity contribution in [1.29, 1.82) is 0 Å². The lowest BCUT2D eigenvalue weighted by molar-refractivity contribution is -0.120. The molecule has 2 aromatic rings. The first-order valence-electron chi connectivity index (χ1n) is 9.19. The molecular weight excluding hydrogens is 444 g/mol. The molecule has 3 rings (SSSR count). The SMILES string of the molecule is CC(C)(C)n1cc(NC(=O)C2CCCN(S(=O)(=O)c3ccc(Br)cc3)C2)cn1. The summed E-state index contributed by atoms with van der Waals surface area (Å²) in [4.78, 5) is 12.9. The van der Waals surface area contributed by atoms with Crippen LogP contribution in [-0.2, 0) is 20.4 Å². The number of anilines is 1. The molecule has 0 saturated carbocycles. The quantitative estimate of drug-likeness (QED) is 0.744. The molecule has 0 radical (unpaired) electrons. The predicted molar refractivity (Wildman–Crippen MR) is 111 cm³/mol. The normalized spacial score (nSPS) is 18.8. The van der Waals surface area contributed by atoms with E-state index in [1.165, 1.54) is 4.31 Å². The maximum Gasteiger partial charge on any atom is 0.243 e. The van der Waals surface area contributed by atoms with Gasteiger partial charge in [0.2, 0.25) is 15.9 Å². The number of carbonyl (C=O) groups excluding carboxylic acids is 1. The molecule has 7 nitrogen and oxygen atoms in total. The van der Waals surface area contributed by atoms with E-state index in [2.05, 4.69) is 26.3 Å². The molecule has 1 atom stereocenters. The maximum absolute atomic E-state index is 12.9. The van der Waals surface area contributed by atoms with Crippen LogP contribution < -0.4 is 5.32 Å². The Balaban J connectivity index is 1.69. The van der Waals surface area contributed by atoms with Gasteiger partial charge in [0, 0.05) is 23.8 Å². The number of rotatable bonds is 4. The maximum atomic E-state index is 12.9. The van der Waals surface area contributed by atoms with Crippen molar-refractivity contribution in [3.63, 3.8) is 0 Å². The highest BCUT2D eigenvalue weighted by atomic mass is 79.9. The van der Waals surface area contributed by atoms with Crippen molar-refractivity contribution < 1.29 is 13.2 Å². The van der Waals surface area contributed by atoms with Crippen molar-refractivity contribution in [3.8, 4) is 0 Å². The van der Waals surface area contributed by atoms with E-state index < -0.39 is 15.9 Å². The van der Waals surface area contributed by atoms with E-state index in [1.54, 1.807) is 41.3 Å². The summed E-state index contributed by atoms with van der Waals surface area (Å²) in [6.07, 6.45) is 4.71. The Morgan fingerprint density at radius 2 is 1.93 bits per heavy atom. The van der Waals surface area contributed by atoms with Gasteiger partial charge in [-0.2, -0.15) is 9.40 Å². The van der Waals surface area contributed by atoms with Gasteiger partial charge in [0.1, 0.15) is 0 Å². The summed E-state index contributed by atoms with van der Waals surface area (Å²) in [6, 6.07) is 6.55. The average molecular weight is 469 g/mol. The fraction of sp³-hybridized carbons (Fsp3) is 0.474. The lowest BCUT2D eigenvalue weighted by Crippen LogP contribution is -2.43. The monoisotopic (exact) mass is 468 g/mol. The molecule has 1 aliphatic rings. The van der Waals surface area contributed by atoms with Gasteiger partial charge in [-0.15, -0.1) is 0 Å². The fourth-order valence-corrected chi connectivity index (χ4v) is 4.92. The van der Waals surface area contributed by atoms with Crippen molar-refractivity contribution in [2.24, 2.45) is 5.92 Å². The van der Waals surface area contributed by atoms with Crippen LogP contribution in [0.2, 0.25) is 0 Å². The van der Waals surface area contributed by atoms with Crippen LogP contribution in [0.5, 0.6) is 0 Å². The van der Waals surface area contributed by atoms with E-state index in [4.69, 9.17) is 0 Å². The third-order valence-corrected chi connectivity index (χ3v) is 7.15. The molecule has 1 unspecified atom stereocenters. The Morgan fingerprint density at radius 1 is 1.25 bits per heavy atom. The van der Waals surface area contributed by atoms with Gasteiger partial charge in [0.05, 0.1) is 28.2 Å². The standard InChI is InChI=1S/C19H25BrN4O3S/c1-19(2,3)24-13-16(11-21-24)22-18(25)14-5-4-10-23(12-14)28(26,27)17-8-6-15(20)7-9-17/h6-9,11,13-14H,4-5,10,12H2,1-3H3,(H,22,25). The van der Waals surface area contributed by atoms with Crippen LogP contribution in [0.1, 0.15) is 33.6 Å². The van der Waals surface area contributed by atoms with E-state index >= 15 is 0 Å². The molecule has 1 N–H and O–H groups in total. The Kier molecular flexibility index (Phi) is 5.97. The van der Waals surface area contributed by atoms with Crippen LogP contribution in [0.4, 0.5) is 5.69 Å². The molecule has 1 aliphatic heterocycles. The van der Waals surface area contributed by atoms with Crippen molar-refractivity contribution in [1.82, 2.24) is 14.1 Å². The minimum Gasteiger partial charge on any atom is -0.323 e. The smallest absolute Gasteiger partial charge is 0.243 e. The summed E-state index contributed by atoms with van der Waals surface area (Å²) in [5, 5.41) is 7.15. The molecule has 9 heteroatoms. The molecule has 1 amide bonds. The Labute approximate surface area is 174 Å². The van der Waals surface area contributed by atoms with Crippen LogP contribution in [0, 0.1) is 5.92 Å². The largest absolute Gasteiger partial charge is 0.323 e. The van der Waals surface area contributed by atoms with Crippen molar-refractivity contribution in [2.45, 2.75) is 44.0 Å². The van der Waals surface area contributed by atoms with Crippen LogP contribution >= 0.6 is 15.9 Å². The number of hydrogen-bond donors (Lipinski definition) is 1. The second-order valence-corrected chi connectivity index (χ2v) is 10.8. The average Bonchev–Trinajstić information content (AvgIpc) is 3.11. The second kappa shape index (κ2) is 7.96. The zero-order chi connectivity index (χ0) is 20.5. The molecule has 28 heavy (non-hydrogen) atoms. The van der Waals surface area contributed by atoms with Gasteiger partial charge >= 0.3 is 0 Å². The first-order chi connectivity index (χ1) is 13.1. The Morgan fingerprint density at radius 3 is 2.54 bits per heavy atom. The van der Waals surface area contributed by atoms with Gasteiger partial charge in [-0.1, -0.05) is 15.9 Å². The molecule has 1 aromatic carbocycles. The number of amides is 1. The summed E-state index contributed by atoms with van der Waals surface area (Å²) in [7, 11) is -3.62. The molecular formula is C19H25BrN4O3S. The highest BCUT2D eigenvalue weighted by Gasteiger charge is 2.33. The van der Waals surface area contributed by atoms with Crippen molar-refractivity contribution in [2.75, 3.05) is 18.4 Å². The number of hydrogen-bond acceptors (Lipinski definition) is 4. The third-order valence-electron chi connectivity index (χ3n) is 4.74. The first-order valence-corrected chi connectivity index (χ1v) is 11.4. The zero-order valence-electron chi connectivity index (χ0n) is 16.2. The molecule has 0 spiro atoms. The van der Waals surface area contributed by atoms with Gasteiger partial charge in [-0.05, 0) is 57.9 Å².